The molecule has 1 N–H and O–H groups in total. The highest BCUT2D eigenvalue weighted by atomic mass is 16.5. The van der Waals surface area contributed by atoms with Crippen molar-refractivity contribution in [2.75, 3.05) is 12.4 Å². The summed E-state index contributed by atoms with van der Waals surface area (Å²) >= 11 is 0. The van der Waals surface area contributed by atoms with E-state index in [1.807, 2.05) is 36.4 Å². The molecule has 0 saturated heterocycles. The van der Waals surface area contributed by atoms with E-state index < -0.39 is 0 Å². The average Bonchev–Trinajstić information content (AvgIpc) is 2.55. The Labute approximate surface area is 122 Å². The van der Waals surface area contributed by atoms with Crippen molar-refractivity contribution in [3.8, 4) is 5.75 Å². The van der Waals surface area contributed by atoms with Gasteiger partial charge in [0.05, 0.1) is 18.3 Å². The molecule has 2 aromatic carbocycles. The lowest BCUT2D eigenvalue weighted by atomic mass is 10.1. The number of carbonyl (C=O) groups excluding carboxylic acids is 1. The van der Waals surface area contributed by atoms with E-state index in [4.69, 9.17) is 4.74 Å². The summed E-state index contributed by atoms with van der Waals surface area (Å²) in [6, 6.07) is 16.5. The number of hydrogen-bond acceptors (Lipinski definition) is 3. The Kier molecular flexibility index (Phi) is 3.51. The first-order valence-electron chi connectivity index (χ1n) is 6.57. The van der Waals surface area contributed by atoms with Gasteiger partial charge in [-0.25, -0.2) is 0 Å². The molecule has 0 aliphatic heterocycles. The number of benzene rings is 2. The van der Waals surface area contributed by atoms with Gasteiger partial charge in [0.25, 0.3) is 5.91 Å². The van der Waals surface area contributed by atoms with E-state index in [0.29, 0.717) is 17.0 Å². The quantitative estimate of drug-likeness (QED) is 0.797. The molecule has 21 heavy (non-hydrogen) atoms. The number of ether oxygens (including phenoxy) is 1. The third kappa shape index (κ3) is 2.69. The summed E-state index contributed by atoms with van der Waals surface area (Å²) < 4.78 is 5.27. The van der Waals surface area contributed by atoms with Gasteiger partial charge in [-0.05, 0) is 24.3 Å². The highest BCUT2D eigenvalue weighted by molar-refractivity contribution is 6.08. The highest BCUT2D eigenvalue weighted by Crippen LogP contribution is 2.28. The number of carbonyl (C=O) groups is 1. The van der Waals surface area contributed by atoms with Gasteiger partial charge in [0.15, 0.2) is 0 Å². The Balaban J connectivity index is 2.02. The number of nitrogens with zero attached hydrogens (tertiary/aromatic N) is 1. The zero-order valence-electron chi connectivity index (χ0n) is 11.5. The number of amides is 1. The molecule has 0 spiro atoms. The van der Waals surface area contributed by atoms with Crippen LogP contribution in [0.2, 0.25) is 0 Å². The summed E-state index contributed by atoms with van der Waals surface area (Å²) in [5.41, 5.74) is 1.98. The third-order valence-corrected chi connectivity index (χ3v) is 3.20. The predicted molar refractivity (Wildman–Crippen MR) is 82.7 cm³/mol. The second-order valence-electron chi connectivity index (χ2n) is 4.57. The molecular formula is C17H14N2O2. The van der Waals surface area contributed by atoms with Crippen molar-refractivity contribution < 1.29 is 9.53 Å². The van der Waals surface area contributed by atoms with Gasteiger partial charge in [0.1, 0.15) is 5.75 Å². The smallest absolute Gasteiger partial charge is 0.255 e. The first-order chi connectivity index (χ1) is 10.3. The number of aromatic nitrogens is 1. The molecule has 0 saturated carbocycles. The van der Waals surface area contributed by atoms with Gasteiger partial charge in [-0.15, -0.1) is 0 Å². The lowest BCUT2D eigenvalue weighted by molar-refractivity contribution is 0.102. The van der Waals surface area contributed by atoms with Crippen molar-refractivity contribution in [3.05, 3.63) is 66.4 Å². The summed E-state index contributed by atoms with van der Waals surface area (Å²) in [5, 5.41) is 3.81. The Morgan fingerprint density at radius 3 is 2.67 bits per heavy atom. The minimum Gasteiger partial charge on any atom is -0.497 e. The van der Waals surface area contributed by atoms with Crippen LogP contribution in [0, 0.1) is 0 Å². The number of fused-ring (bicyclic) bond motifs is 1. The maximum Gasteiger partial charge on any atom is 0.255 e. The zero-order chi connectivity index (χ0) is 14.7. The molecule has 3 rings (SSSR count). The Hall–Kier alpha value is -2.88. The topological polar surface area (TPSA) is 51.2 Å². The molecule has 4 heteroatoms. The lowest BCUT2D eigenvalue weighted by Crippen LogP contribution is -2.12. The Bertz CT molecular complexity index is 785. The minimum absolute atomic E-state index is 0.171. The van der Waals surface area contributed by atoms with Crippen molar-refractivity contribution in [2.24, 2.45) is 0 Å². The zero-order valence-corrected chi connectivity index (χ0v) is 11.5. The standard InChI is InChI=1S/C17H14N2O2/c1-21-14-10-13-8-5-9-18-16(13)15(11-14)19-17(20)12-6-3-2-4-7-12/h2-11H,1H3,(H,19,20). The second kappa shape index (κ2) is 5.63. The van der Waals surface area contributed by atoms with Crippen LogP contribution in [-0.2, 0) is 0 Å². The van der Waals surface area contributed by atoms with Crippen molar-refractivity contribution in [3.63, 3.8) is 0 Å². The fourth-order valence-electron chi connectivity index (χ4n) is 2.16. The van der Waals surface area contributed by atoms with Crippen LogP contribution in [-0.4, -0.2) is 18.0 Å². The van der Waals surface area contributed by atoms with Gasteiger partial charge in [0, 0.05) is 23.2 Å². The summed E-state index contributed by atoms with van der Waals surface area (Å²) in [6.45, 7) is 0. The van der Waals surface area contributed by atoms with Gasteiger partial charge >= 0.3 is 0 Å². The molecule has 0 atom stereocenters. The fourth-order valence-corrected chi connectivity index (χ4v) is 2.16. The third-order valence-electron chi connectivity index (χ3n) is 3.20. The van der Waals surface area contributed by atoms with Crippen molar-refractivity contribution >= 4 is 22.5 Å². The number of pyridine rings is 1. The molecule has 3 aromatic rings. The summed E-state index contributed by atoms with van der Waals surface area (Å²) in [4.78, 5) is 16.6. The number of hydrogen-bond donors (Lipinski definition) is 1. The predicted octanol–water partition coefficient (Wildman–Crippen LogP) is 3.50. The number of rotatable bonds is 3. The van der Waals surface area contributed by atoms with E-state index in [1.165, 1.54) is 0 Å². The van der Waals surface area contributed by atoms with E-state index in [0.717, 1.165) is 10.9 Å². The van der Waals surface area contributed by atoms with Gasteiger partial charge in [-0.3, -0.25) is 9.78 Å². The van der Waals surface area contributed by atoms with Gasteiger partial charge in [0.2, 0.25) is 0 Å². The van der Waals surface area contributed by atoms with Crippen LogP contribution in [0.25, 0.3) is 10.9 Å². The van der Waals surface area contributed by atoms with Gasteiger partial charge < -0.3 is 10.1 Å². The molecule has 0 bridgehead atoms. The summed E-state index contributed by atoms with van der Waals surface area (Å²) in [6.07, 6.45) is 1.70. The molecule has 1 heterocycles. The molecule has 0 aliphatic carbocycles. The molecule has 0 fully saturated rings. The molecule has 104 valence electrons. The van der Waals surface area contributed by atoms with Crippen molar-refractivity contribution in [2.45, 2.75) is 0 Å². The largest absolute Gasteiger partial charge is 0.497 e. The van der Waals surface area contributed by atoms with Crippen LogP contribution in [0.5, 0.6) is 5.75 Å². The monoisotopic (exact) mass is 278 g/mol. The molecule has 0 aliphatic rings. The molecule has 1 aromatic heterocycles. The van der Waals surface area contributed by atoms with Crippen molar-refractivity contribution in [1.82, 2.24) is 4.98 Å². The van der Waals surface area contributed by atoms with E-state index in [2.05, 4.69) is 10.3 Å². The summed E-state index contributed by atoms with van der Waals surface area (Å²) in [5.74, 6) is 0.509. The molecule has 0 radical (unpaired) electrons. The van der Waals surface area contributed by atoms with E-state index in [9.17, 15) is 4.79 Å². The van der Waals surface area contributed by atoms with Gasteiger partial charge in [-0.2, -0.15) is 0 Å². The van der Waals surface area contributed by atoms with E-state index in [-0.39, 0.29) is 5.91 Å². The SMILES string of the molecule is COc1cc(NC(=O)c2ccccc2)c2ncccc2c1. The van der Waals surface area contributed by atoms with Crippen LogP contribution in [0.4, 0.5) is 5.69 Å². The van der Waals surface area contributed by atoms with Crippen LogP contribution < -0.4 is 10.1 Å². The second-order valence-corrected chi connectivity index (χ2v) is 4.57. The van der Waals surface area contributed by atoms with Crippen LogP contribution in [0.15, 0.2) is 60.8 Å². The van der Waals surface area contributed by atoms with E-state index >= 15 is 0 Å². The maximum atomic E-state index is 12.3. The lowest BCUT2D eigenvalue weighted by Gasteiger charge is -2.10. The molecule has 4 nitrogen and oxygen atoms in total. The minimum atomic E-state index is -0.171. The number of methoxy groups -OCH3 is 1. The van der Waals surface area contributed by atoms with Crippen LogP contribution in [0.3, 0.4) is 0 Å². The fraction of sp³-hybridized carbons (Fsp3) is 0.0588. The Morgan fingerprint density at radius 2 is 1.90 bits per heavy atom. The molecule has 1 amide bonds. The number of anilines is 1. The molecule has 0 unspecified atom stereocenters. The Morgan fingerprint density at radius 1 is 1.10 bits per heavy atom. The van der Waals surface area contributed by atoms with Crippen molar-refractivity contribution in [1.29, 1.82) is 0 Å². The molecular weight excluding hydrogens is 264 g/mol. The number of nitrogens with one attached hydrogen (secondary N) is 1. The van der Waals surface area contributed by atoms with Crippen LogP contribution >= 0.6 is 0 Å². The first kappa shape index (κ1) is 13.1. The highest BCUT2D eigenvalue weighted by Gasteiger charge is 2.10. The maximum absolute atomic E-state index is 12.3. The van der Waals surface area contributed by atoms with Crippen LogP contribution in [0.1, 0.15) is 10.4 Å². The van der Waals surface area contributed by atoms with Gasteiger partial charge in [-0.1, -0.05) is 24.3 Å². The van der Waals surface area contributed by atoms with E-state index in [1.54, 1.807) is 31.5 Å². The average molecular weight is 278 g/mol. The summed E-state index contributed by atoms with van der Waals surface area (Å²) in [7, 11) is 1.60. The normalized spacial score (nSPS) is 10.3. The first-order valence-corrected chi connectivity index (χ1v) is 6.57.